The largest absolute Gasteiger partial charge is 0.490 e. The van der Waals surface area contributed by atoms with Crippen molar-refractivity contribution in [1.82, 2.24) is 0 Å². The van der Waals surface area contributed by atoms with Gasteiger partial charge in [0.25, 0.3) is 0 Å². The standard InChI is InChI=1S/C10H10ClFO3/c11-7-2-1-3-9(4-7)15-6-8(12)5-10(13)14/h1-4,8H,5-6H2,(H,13,14). The molecule has 0 fully saturated rings. The average Bonchev–Trinajstić information content (AvgIpc) is 2.14. The van der Waals surface area contributed by atoms with E-state index in [4.69, 9.17) is 21.4 Å². The van der Waals surface area contributed by atoms with Crippen molar-refractivity contribution >= 4 is 17.6 Å². The number of ether oxygens (including phenoxy) is 1. The van der Waals surface area contributed by atoms with Crippen molar-refractivity contribution in [2.45, 2.75) is 12.6 Å². The molecule has 0 amide bonds. The highest BCUT2D eigenvalue weighted by Crippen LogP contribution is 2.17. The lowest BCUT2D eigenvalue weighted by atomic mass is 10.3. The monoisotopic (exact) mass is 232 g/mol. The van der Waals surface area contributed by atoms with Crippen molar-refractivity contribution < 1.29 is 19.0 Å². The number of hydrogen-bond donors (Lipinski definition) is 1. The number of rotatable bonds is 5. The van der Waals surface area contributed by atoms with Crippen LogP contribution >= 0.6 is 11.6 Å². The molecule has 5 heteroatoms. The SMILES string of the molecule is O=C(O)CC(F)COc1cccc(Cl)c1. The first-order valence-electron chi connectivity index (χ1n) is 4.32. The van der Waals surface area contributed by atoms with Crippen LogP contribution in [0.1, 0.15) is 6.42 Å². The molecule has 0 saturated heterocycles. The molecule has 3 nitrogen and oxygen atoms in total. The molecular weight excluding hydrogens is 223 g/mol. The zero-order chi connectivity index (χ0) is 11.3. The molecule has 1 aromatic rings. The molecule has 0 aliphatic rings. The number of halogens is 2. The predicted molar refractivity (Wildman–Crippen MR) is 54.1 cm³/mol. The predicted octanol–water partition coefficient (Wildman–Crippen LogP) is 2.53. The van der Waals surface area contributed by atoms with E-state index in [1.165, 1.54) is 6.07 Å². The molecule has 1 N–H and O–H groups in total. The van der Waals surface area contributed by atoms with Gasteiger partial charge >= 0.3 is 5.97 Å². The van der Waals surface area contributed by atoms with Crippen LogP contribution in [0.4, 0.5) is 4.39 Å². The lowest BCUT2D eigenvalue weighted by Gasteiger charge is -2.08. The Balaban J connectivity index is 2.40. The van der Waals surface area contributed by atoms with Crippen LogP contribution in [0.3, 0.4) is 0 Å². The van der Waals surface area contributed by atoms with Crippen molar-refractivity contribution in [2.75, 3.05) is 6.61 Å². The molecule has 0 spiro atoms. The summed E-state index contributed by atoms with van der Waals surface area (Å²) in [5.41, 5.74) is 0. The van der Waals surface area contributed by atoms with Gasteiger partial charge in [-0.15, -0.1) is 0 Å². The first-order chi connectivity index (χ1) is 7.08. The number of carbonyl (C=O) groups is 1. The van der Waals surface area contributed by atoms with Gasteiger partial charge in [0.2, 0.25) is 0 Å². The molecule has 0 bridgehead atoms. The van der Waals surface area contributed by atoms with E-state index < -0.39 is 18.6 Å². The van der Waals surface area contributed by atoms with Gasteiger partial charge in [-0.25, -0.2) is 4.39 Å². The van der Waals surface area contributed by atoms with E-state index in [0.717, 1.165) is 0 Å². The molecule has 1 rings (SSSR count). The summed E-state index contributed by atoms with van der Waals surface area (Å²) in [6.07, 6.45) is -2.07. The fourth-order valence-corrected chi connectivity index (χ4v) is 1.17. The van der Waals surface area contributed by atoms with E-state index >= 15 is 0 Å². The molecule has 15 heavy (non-hydrogen) atoms. The lowest BCUT2D eigenvalue weighted by molar-refractivity contribution is -0.138. The first-order valence-corrected chi connectivity index (χ1v) is 4.70. The van der Waals surface area contributed by atoms with Crippen LogP contribution in [0.5, 0.6) is 5.75 Å². The summed E-state index contributed by atoms with van der Waals surface area (Å²) >= 11 is 5.68. The quantitative estimate of drug-likeness (QED) is 0.849. The van der Waals surface area contributed by atoms with Crippen LogP contribution in [0.25, 0.3) is 0 Å². The third-order valence-corrected chi connectivity index (χ3v) is 1.86. The van der Waals surface area contributed by atoms with Crippen molar-refractivity contribution in [1.29, 1.82) is 0 Å². The minimum Gasteiger partial charge on any atom is -0.490 e. The molecule has 0 heterocycles. The van der Waals surface area contributed by atoms with Crippen molar-refractivity contribution in [3.63, 3.8) is 0 Å². The Morgan fingerprint density at radius 3 is 2.93 bits per heavy atom. The minimum absolute atomic E-state index is 0.285. The molecule has 1 atom stereocenters. The molecule has 0 aliphatic carbocycles. The third kappa shape index (κ3) is 4.65. The average molecular weight is 233 g/mol. The van der Waals surface area contributed by atoms with Crippen molar-refractivity contribution in [2.24, 2.45) is 0 Å². The van der Waals surface area contributed by atoms with Crippen molar-refractivity contribution in [3.8, 4) is 5.75 Å². The summed E-state index contributed by atoms with van der Waals surface area (Å²) < 4.78 is 17.9. The number of alkyl halides is 1. The molecule has 1 aromatic carbocycles. The van der Waals surface area contributed by atoms with Crippen molar-refractivity contribution in [3.05, 3.63) is 29.3 Å². The Kier molecular flexibility index (Phi) is 4.37. The second-order valence-corrected chi connectivity index (χ2v) is 3.40. The molecule has 0 aliphatic heterocycles. The Morgan fingerprint density at radius 1 is 1.60 bits per heavy atom. The number of aliphatic carboxylic acids is 1. The molecular formula is C10H10ClFO3. The van der Waals surface area contributed by atoms with Gasteiger partial charge in [0.05, 0.1) is 6.42 Å². The van der Waals surface area contributed by atoms with Crippen LogP contribution < -0.4 is 4.74 Å². The van der Waals surface area contributed by atoms with Gasteiger partial charge in [-0.2, -0.15) is 0 Å². The van der Waals surface area contributed by atoms with Gasteiger partial charge in [0, 0.05) is 5.02 Å². The number of carboxylic acid groups (broad SMARTS) is 1. The molecule has 0 aromatic heterocycles. The normalized spacial score (nSPS) is 12.1. The fraction of sp³-hybridized carbons (Fsp3) is 0.300. The smallest absolute Gasteiger partial charge is 0.306 e. The first kappa shape index (κ1) is 11.8. The van der Waals surface area contributed by atoms with Crippen LogP contribution in [0.2, 0.25) is 5.02 Å². The number of hydrogen-bond acceptors (Lipinski definition) is 2. The Morgan fingerprint density at radius 2 is 2.33 bits per heavy atom. The maximum absolute atomic E-state index is 12.9. The fourth-order valence-electron chi connectivity index (χ4n) is 0.992. The van der Waals surface area contributed by atoms with Crippen LogP contribution in [0, 0.1) is 0 Å². The van der Waals surface area contributed by atoms with Gasteiger partial charge in [-0.05, 0) is 18.2 Å². The van der Waals surface area contributed by atoms with E-state index in [1.54, 1.807) is 18.2 Å². The second kappa shape index (κ2) is 5.56. The number of benzene rings is 1. The maximum atomic E-state index is 12.9. The summed E-state index contributed by atoms with van der Waals surface area (Å²) in [7, 11) is 0. The van der Waals surface area contributed by atoms with Gasteiger partial charge in [-0.1, -0.05) is 17.7 Å². The van der Waals surface area contributed by atoms with Crippen LogP contribution in [-0.4, -0.2) is 23.9 Å². The third-order valence-electron chi connectivity index (χ3n) is 1.62. The van der Waals surface area contributed by atoms with Gasteiger partial charge < -0.3 is 9.84 Å². The Bertz CT molecular complexity index is 343. The highest BCUT2D eigenvalue weighted by molar-refractivity contribution is 6.30. The molecule has 1 unspecified atom stereocenters. The highest BCUT2D eigenvalue weighted by Gasteiger charge is 2.12. The van der Waals surface area contributed by atoms with E-state index in [2.05, 4.69) is 0 Å². The lowest BCUT2D eigenvalue weighted by Crippen LogP contribution is -2.16. The Labute approximate surface area is 91.4 Å². The maximum Gasteiger partial charge on any atom is 0.306 e. The van der Waals surface area contributed by atoms with Crippen LogP contribution in [0.15, 0.2) is 24.3 Å². The van der Waals surface area contributed by atoms with Gasteiger partial charge in [0.1, 0.15) is 18.5 Å². The summed E-state index contributed by atoms with van der Waals surface area (Å²) in [6.45, 7) is -0.285. The van der Waals surface area contributed by atoms with E-state index in [0.29, 0.717) is 10.8 Å². The van der Waals surface area contributed by atoms with E-state index in [-0.39, 0.29) is 6.61 Å². The molecule has 82 valence electrons. The summed E-state index contributed by atoms with van der Waals surface area (Å²) in [4.78, 5) is 10.2. The topological polar surface area (TPSA) is 46.5 Å². The summed E-state index contributed by atoms with van der Waals surface area (Å²) in [5.74, 6) is -0.757. The minimum atomic E-state index is -1.51. The highest BCUT2D eigenvalue weighted by atomic mass is 35.5. The summed E-state index contributed by atoms with van der Waals surface area (Å²) in [6, 6.07) is 6.50. The van der Waals surface area contributed by atoms with E-state index in [1.807, 2.05) is 0 Å². The summed E-state index contributed by atoms with van der Waals surface area (Å²) in [5, 5.41) is 8.80. The van der Waals surface area contributed by atoms with Gasteiger partial charge in [-0.3, -0.25) is 4.79 Å². The second-order valence-electron chi connectivity index (χ2n) is 2.96. The Hall–Kier alpha value is -1.29. The molecule has 0 radical (unpaired) electrons. The molecule has 0 saturated carbocycles. The van der Waals surface area contributed by atoms with Gasteiger partial charge in [0.15, 0.2) is 0 Å². The zero-order valence-corrected chi connectivity index (χ0v) is 8.58. The van der Waals surface area contributed by atoms with Crippen LogP contribution in [-0.2, 0) is 4.79 Å². The number of carboxylic acids is 1. The zero-order valence-electron chi connectivity index (χ0n) is 7.82. The van der Waals surface area contributed by atoms with E-state index in [9.17, 15) is 9.18 Å².